The second-order valence-electron chi connectivity index (χ2n) is 9.75. The van der Waals surface area contributed by atoms with Gasteiger partial charge in [0.25, 0.3) is 5.91 Å². The Hall–Kier alpha value is -4.59. The Kier molecular flexibility index (Phi) is 9.93. The van der Waals surface area contributed by atoms with Crippen LogP contribution in [0, 0.1) is 5.92 Å². The van der Waals surface area contributed by atoms with Gasteiger partial charge in [-0.3, -0.25) is 14.4 Å². The summed E-state index contributed by atoms with van der Waals surface area (Å²) >= 11 is 0. The number of hydrogen-bond acceptors (Lipinski definition) is 6. The van der Waals surface area contributed by atoms with E-state index in [1.165, 1.54) is 12.1 Å². The number of phenols is 1. The van der Waals surface area contributed by atoms with Crippen LogP contribution in [0.4, 0.5) is 0 Å². The molecule has 2 amide bonds. The molecule has 3 N–H and O–H groups in total. The van der Waals surface area contributed by atoms with E-state index in [9.17, 15) is 19.5 Å². The van der Waals surface area contributed by atoms with Crippen molar-refractivity contribution in [3.05, 3.63) is 108 Å². The molecule has 0 spiro atoms. The third-order valence-corrected chi connectivity index (χ3v) is 6.67. The van der Waals surface area contributed by atoms with Crippen LogP contribution < -0.4 is 15.4 Å². The summed E-state index contributed by atoms with van der Waals surface area (Å²) in [4.78, 5) is 39.7. The minimum absolute atomic E-state index is 0.0192. The van der Waals surface area contributed by atoms with E-state index in [4.69, 9.17) is 9.47 Å². The minimum Gasteiger partial charge on any atom is -0.508 e. The molecule has 1 aliphatic rings. The highest BCUT2D eigenvalue weighted by Crippen LogP contribution is 2.24. The molecule has 0 bridgehead atoms. The summed E-state index contributed by atoms with van der Waals surface area (Å²) in [6.07, 6.45) is 2.98. The molecule has 0 aromatic heterocycles. The number of carbonyl (C=O) groups is 3. The number of amides is 2. The van der Waals surface area contributed by atoms with Crippen LogP contribution in [0.25, 0.3) is 0 Å². The summed E-state index contributed by atoms with van der Waals surface area (Å²) in [5, 5.41) is 15.7. The van der Waals surface area contributed by atoms with Crippen LogP contribution in [0.2, 0.25) is 0 Å². The molecule has 0 aliphatic carbocycles. The molecular weight excluding hydrogens is 508 g/mol. The molecule has 0 radical (unpaired) electrons. The van der Waals surface area contributed by atoms with E-state index in [1.54, 1.807) is 42.5 Å². The van der Waals surface area contributed by atoms with Crippen molar-refractivity contribution in [2.75, 3.05) is 6.61 Å². The molecule has 4 rings (SSSR count). The summed E-state index contributed by atoms with van der Waals surface area (Å²) in [6.45, 7) is 1.93. The zero-order chi connectivity index (χ0) is 28.3. The summed E-state index contributed by atoms with van der Waals surface area (Å²) < 4.78 is 11.3. The SMILES string of the molecule is C[C@@H]1/C=C/CC(=O)OCCC(Oc2ccccc2)C(=O)N[C@@H](Cc2ccc(O)cc2)C(=O)N[C@@H]1c1ccccc1. The topological polar surface area (TPSA) is 114 Å². The summed E-state index contributed by atoms with van der Waals surface area (Å²) in [6, 6.07) is 23.6. The van der Waals surface area contributed by atoms with E-state index in [-0.39, 0.29) is 43.4 Å². The Labute approximate surface area is 234 Å². The van der Waals surface area contributed by atoms with Crippen molar-refractivity contribution in [3.63, 3.8) is 0 Å². The zero-order valence-corrected chi connectivity index (χ0v) is 22.4. The van der Waals surface area contributed by atoms with Crippen LogP contribution in [0.15, 0.2) is 97.1 Å². The van der Waals surface area contributed by atoms with Crippen LogP contribution in [-0.2, 0) is 25.5 Å². The molecule has 8 nitrogen and oxygen atoms in total. The number of para-hydroxylation sites is 1. The average molecular weight is 543 g/mol. The molecule has 0 fully saturated rings. The number of esters is 1. The number of rotatable bonds is 5. The fourth-order valence-corrected chi connectivity index (χ4v) is 4.51. The van der Waals surface area contributed by atoms with Crippen molar-refractivity contribution >= 4 is 17.8 Å². The van der Waals surface area contributed by atoms with Crippen LogP contribution in [0.1, 0.15) is 36.9 Å². The lowest BCUT2D eigenvalue weighted by atomic mass is 9.93. The van der Waals surface area contributed by atoms with Crippen molar-refractivity contribution in [2.45, 2.75) is 44.4 Å². The molecule has 8 heteroatoms. The van der Waals surface area contributed by atoms with Gasteiger partial charge in [0.1, 0.15) is 17.5 Å². The Morgan fingerprint density at radius 1 is 0.875 bits per heavy atom. The van der Waals surface area contributed by atoms with Crippen molar-refractivity contribution in [3.8, 4) is 11.5 Å². The van der Waals surface area contributed by atoms with Crippen LogP contribution in [-0.4, -0.2) is 41.6 Å². The van der Waals surface area contributed by atoms with Crippen LogP contribution in [0.5, 0.6) is 11.5 Å². The maximum atomic E-state index is 13.8. The molecule has 1 unspecified atom stereocenters. The van der Waals surface area contributed by atoms with Gasteiger partial charge < -0.3 is 25.2 Å². The molecule has 3 aromatic rings. The molecule has 0 saturated heterocycles. The fraction of sp³-hybridized carbons (Fsp3) is 0.281. The number of hydrogen-bond donors (Lipinski definition) is 3. The maximum absolute atomic E-state index is 13.8. The molecule has 0 saturated carbocycles. The molecule has 1 heterocycles. The number of carbonyl (C=O) groups excluding carboxylic acids is 3. The lowest BCUT2D eigenvalue weighted by Gasteiger charge is -2.28. The Morgan fingerprint density at radius 2 is 1.55 bits per heavy atom. The van der Waals surface area contributed by atoms with Gasteiger partial charge in [0.15, 0.2) is 6.10 Å². The van der Waals surface area contributed by atoms with E-state index in [0.717, 1.165) is 11.1 Å². The Bertz CT molecular complexity index is 1290. The molecule has 40 heavy (non-hydrogen) atoms. The molecule has 3 aromatic carbocycles. The van der Waals surface area contributed by atoms with Gasteiger partial charge in [-0.05, 0) is 41.3 Å². The third-order valence-electron chi connectivity index (χ3n) is 6.67. The van der Waals surface area contributed by atoms with Crippen molar-refractivity contribution in [1.82, 2.24) is 10.6 Å². The van der Waals surface area contributed by atoms with E-state index in [0.29, 0.717) is 5.75 Å². The number of ether oxygens (including phenoxy) is 2. The number of nitrogens with one attached hydrogen (secondary N) is 2. The number of aromatic hydroxyl groups is 1. The van der Waals surface area contributed by atoms with Crippen LogP contribution >= 0.6 is 0 Å². The van der Waals surface area contributed by atoms with Gasteiger partial charge in [0.2, 0.25) is 5.91 Å². The lowest BCUT2D eigenvalue weighted by molar-refractivity contribution is -0.144. The molecule has 208 valence electrons. The van der Waals surface area contributed by atoms with Crippen molar-refractivity contribution < 1.29 is 29.0 Å². The quantitative estimate of drug-likeness (QED) is 0.328. The Morgan fingerprint density at radius 3 is 2.25 bits per heavy atom. The first-order valence-electron chi connectivity index (χ1n) is 13.4. The van der Waals surface area contributed by atoms with Gasteiger partial charge in [-0.25, -0.2) is 0 Å². The van der Waals surface area contributed by atoms with Gasteiger partial charge in [0.05, 0.1) is 19.1 Å². The van der Waals surface area contributed by atoms with E-state index >= 15 is 0 Å². The van der Waals surface area contributed by atoms with Gasteiger partial charge >= 0.3 is 5.97 Å². The van der Waals surface area contributed by atoms with Gasteiger partial charge in [0, 0.05) is 12.8 Å². The third kappa shape index (κ3) is 8.20. The lowest BCUT2D eigenvalue weighted by Crippen LogP contribution is -2.53. The second-order valence-corrected chi connectivity index (χ2v) is 9.75. The first-order chi connectivity index (χ1) is 19.4. The monoisotopic (exact) mass is 542 g/mol. The van der Waals surface area contributed by atoms with Crippen molar-refractivity contribution in [2.24, 2.45) is 5.92 Å². The highest BCUT2D eigenvalue weighted by atomic mass is 16.5. The van der Waals surface area contributed by atoms with E-state index in [2.05, 4.69) is 10.6 Å². The summed E-state index contributed by atoms with van der Waals surface area (Å²) in [5.74, 6) is -0.860. The molecule has 1 aliphatic heterocycles. The second kappa shape index (κ2) is 14.0. The standard InChI is InChI=1S/C32H34N2O6/c1-22-9-8-14-29(36)39-20-19-28(40-26-12-6-3-7-13-26)32(38)33-27(21-23-15-17-25(35)18-16-23)31(37)34-30(22)24-10-4-2-5-11-24/h2-13,15-18,22,27-28,30,35H,14,19-21H2,1H3,(H,33,38)(H,34,37)/b9-8+/t22-,27+,28?,30+/m1/s1. The number of phenolic OH excluding ortho intramolecular Hbond substituents is 1. The predicted octanol–water partition coefficient (Wildman–Crippen LogP) is 4.25. The largest absolute Gasteiger partial charge is 0.508 e. The molecular formula is C32H34N2O6. The van der Waals surface area contributed by atoms with E-state index < -0.39 is 30.1 Å². The minimum atomic E-state index is -1.00. The average Bonchev–Trinajstić information content (AvgIpc) is 2.96. The zero-order valence-electron chi connectivity index (χ0n) is 22.4. The first kappa shape index (κ1) is 28.4. The maximum Gasteiger partial charge on any atom is 0.309 e. The number of benzene rings is 3. The number of cyclic esters (lactones) is 1. The highest BCUT2D eigenvalue weighted by Gasteiger charge is 2.30. The van der Waals surface area contributed by atoms with Gasteiger partial charge in [-0.1, -0.05) is 79.7 Å². The predicted molar refractivity (Wildman–Crippen MR) is 150 cm³/mol. The van der Waals surface area contributed by atoms with Crippen LogP contribution in [0.3, 0.4) is 0 Å². The summed E-state index contributed by atoms with van der Waals surface area (Å²) in [5.41, 5.74) is 1.65. The normalized spacial score (nSPS) is 23.5. The Balaban J connectivity index is 1.66. The first-order valence-corrected chi connectivity index (χ1v) is 13.4. The fourth-order valence-electron chi connectivity index (χ4n) is 4.51. The highest BCUT2D eigenvalue weighted by molar-refractivity contribution is 5.90. The smallest absolute Gasteiger partial charge is 0.309 e. The summed E-state index contributed by atoms with van der Waals surface area (Å²) in [7, 11) is 0. The van der Waals surface area contributed by atoms with Gasteiger partial charge in [-0.15, -0.1) is 0 Å². The van der Waals surface area contributed by atoms with Crippen molar-refractivity contribution in [1.29, 1.82) is 0 Å². The van der Waals surface area contributed by atoms with Gasteiger partial charge in [-0.2, -0.15) is 0 Å². The van der Waals surface area contributed by atoms with E-state index in [1.807, 2.05) is 49.4 Å². The molecule has 4 atom stereocenters.